The number of aliphatic imine (C=N–C) groups is 1. The van der Waals surface area contributed by atoms with Crippen LogP contribution in [0.1, 0.15) is 30.3 Å². The molecular weight excluding hydrogens is 531 g/mol. The number of nitrogens with zero attached hydrogens (tertiary/aromatic N) is 5. The molecule has 0 radical (unpaired) electrons. The van der Waals surface area contributed by atoms with Crippen LogP contribution in [-0.4, -0.2) is 62.3 Å². The molecule has 0 spiro atoms. The number of benzene rings is 1. The summed E-state index contributed by atoms with van der Waals surface area (Å²) in [5, 5.41) is 17.1. The van der Waals surface area contributed by atoms with Gasteiger partial charge in [-0.1, -0.05) is 0 Å². The lowest BCUT2D eigenvalue weighted by Crippen LogP contribution is -2.57. The summed E-state index contributed by atoms with van der Waals surface area (Å²) < 4.78 is 51.3. The zero-order valence-corrected chi connectivity index (χ0v) is 22.6. The molecule has 1 unspecified atom stereocenters. The fourth-order valence-electron chi connectivity index (χ4n) is 4.28. The Labute approximate surface area is 227 Å². The highest BCUT2D eigenvalue weighted by Gasteiger charge is 2.33. The van der Waals surface area contributed by atoms with E-state index in [1.807, 2.05) is 0 Å². The molecule has 2 atom stereocenters. The van der Waals surface area contributed by atoms with Crippen molar-refractivity contribution in [2.45, 2.75) is 44.8 Å². The van der Waals surface area contributed by atoms with Gasteiger partial charge in [0.1, 0.15) is 34.3 Å². The SMILES string of the molecule is COc1cc(OC)cc(-c2nc(C3=NC(c4cnn(C[C@@H](O)CC(F)(F)F)c4C)=CNC3(C)N)cn(C)c2=O)c1. The lowest BCUT2D eigenvalue weighted by molar-refractivity contribution is -0.154. The van der Waals surface area contributed by atoms with Gasteiger partial charge in [0.25, 0.3) is 5.56 Å². The maximum atomic E-state index is 13.1. The largest absolute Gasteiger partial charge is 0.497 e. The van der Waals surface area contributed by atoms with E-state index in [9.17, 15) is 23.1 Å². The Hall–Kier alpha value is -4.17. The number of hydrogen-bond donors (Lipinski definition) is 3. The molecule has 0 aliphatic carbocycles. The van der Waals surface area contributed by atoms with Crippen LogP contribution in [0.3, 0.4) is 0 Å². The maximum absolute atomic E-state index is 13.1. The first-order chi connectivity index (χ1) is 18.7. The number of aliphatic hydroxyl groups excluding tert-OH is 1. The summed E-state index contributed by atoms with van der Waals surface area (Å²) in [4.78, 5) is 22.4. The van der Waals surface area contributed by atoms with Gasteiger partial charge in [-0.3, -0.25) is 9.48 Å². The standard InChI is InChI=1S/C26H30F3N7O4/c1-14-19(10-32-36(14)12-16(37)9-26(27,28)29)20-11-31-25(2,30)23(34-20)21-13-35(3)24(38)22(33-21)15-6-17(39-4)8-18(7-15)40-5/h6-8,10-11,13,16,31,37H,9,12,30H2,1-5H3/t16-,25?/m0/s1. The first-order valence-corrected chi connectivity index (χ1v) is 12.2. The second kappa shape index (κ2) is 10.8. The lowest BCUT2D eigenvalue weighted by Gasteiger charge is -2.31. The predicted molar refractivity (Wildman–Crippen MR) is 142 cm³/mol. The van der Waals surface area contributed by atoms with Gasteiger partial charge in [-0.05, 0) is 26.0 Å². The molecule has 2 aromatic heterocycles. The van der Waals surface area contributed by atoms with Gasteiger partial charge in [-0.2, -0.15) is 18.3 Å². The van der Waals surface area contributed by atoms with Crippen molar-refractivity contribution < 1.29 is 27.8 Å². The number of nitrogens with one attached hydrogen (secondary N) is 1. The summed E-state index contributed by atoms with van der Waals surface area (Å²) >= 11 is 0. The van der Waals surface area contributed by atoms with Crippen molar-refractivity contribution in [3.8, 4) is 22.8 Å². The molecule has 0 saturated heterocycles. The molecule has 1 aliphatic heterocycles. The van der Waals surface area contributed by atoms with Gasteiger partial charge in [0, 0.05) is 42.3 Å². The molecule has 11 nitrogen and oxygen atoms in total. The molecule has 3 aromatic rings. The van der Waals surface area contributed by atoms with E-state index in [4.69, 9.17) is 20.2 Å². The maximum Gasteiger partial charge on any atom is 0.391 e. The minimum Gasteiger partial charge on any atom is -0.497 e. The number of rotatable bonds is 8. The van der Waals surface area contributed by atoms with Crippen molar-refractivity contribution in [2.75, 3.05) is 14.2 Å². The summed E-state index contributed by atoms with van der Waals surface area (Å²) in [5.74, 6) is 0.948. The van der Waals surface area contributed by atoms with Gasteiger partial charge in [0.05, 0.1) is 45.2 Å². The third-order valence-corrected chi connectivity index (χ3v) is 6.40. The molecule has 14 heteroatoms. The average molecular weight is 562 g/mol. The Bertz CT molecular complexity index is 1520. The number of ether oxygens (including phenoxy) is 2. The minimum atomic E-state index is -4.50. The Kier molecular flexibility index (Phi) is 7.76. The van der Waals surface area contributed by atoms with Crippen LogP contribution in [0, 0.1) is 6.92 Å². The van der Waals surface area contributed by atoms with Crippen molar-refractivity contribution >= 4 is 11.4 Å². The van der Waals surface area contributed by atoms with E-state index in [0.717, 1.165) is 0 Å². The van der Waals surface area contributed by atoms with Crippen molar-refractivity contribution in [3.63, 3.8) is 0 Å². The lowest BCUT2D eigenvalue weighted by atomic mass is 10.0. The number of aromatic nitrogens is 4. The highest BCUT2D eigenvalue weighted by Crippen LogP contribution is 2.29. The van der Waals surface area contributed by atoms with Crippen LogP contribution >= 0.6 is 0 Å². The summed E-state index contributed by atoms with van der Waals surface area (Å²) in [5.41, 5.74) is 7.57. The van der Waals surface area contributed by atoms with Crippen LogP contribution in [0.5, 0.6) is 11.5 Å². The number of aryl methyl sites for hydroxylation is 1. The number of halogens is 3. The van der Waals surface area contributed by atoms with Crippen molar-refractivity contribution in [1.82, 2.24) is 24.6 Å². The van der Waals surface area contributed by atoms with Gasteiger partial charge < -0.3 is 30.2 Å². The number of aliphatic hydroxyl groups is 1. The van der Waals surface area contributed by atoms with E-state index in [-0.39, 0.29) is 17.8 Å². The molecule has 40 heavy (non-hydrogen) atoms. The minimum absolute atomic E-state index is 0.120. The third kappa shape index (κ3) is 6.02. The van der Waals surface area contributed by atoms with Crippen molar-refractivity contribution in [1.29, 1.82) is 0 Å². The van der Waals surface area contributed by atoms with E-state index >= 15 is 0 Å². The molecule has 1 aromatic carbocycles. The van der Waals surface area contributed by atoms with Gasteiger partial charge in [0.2, 0.25) is 0 Å². The van der Waals surface area contributed by atoms with E-state index in [1.165, 1.54) is 35.9 Å². The highest BCUT2D eigenvalue weighted by molar-refractivity contribution is 6.09. The molecule has 0 fully saturated rings. The molecule has 0 bridgehead atoms. The summed E-state index contributed by atoms with van der Waals surface area (Å²) in [7, 11) is 4.58. The van der Waals surface area contributed by atoms with E-state index in [1.54, 1.807) is 45.3 Å². The molecule has 1 aliphatic rings. The van der Waals surface area contributed by atoms with Gasteiger partial charge >= 0.3 is 6.18 Å². The summed E-state index contributed by atoms with van der Waals surface area (Å²) in [6.45, 7) is 3.00. The molecular formula is C26H30F3N7O4. The van der Waals surface area contributed by atoms with Crippen LogP contribution in [0.2, 0.25) is 0 Å². The first kappa shape index (κ1) is 28.8. The van der Waals surface area contributed by atoms with Crippen LogP contribution in [-0.2, 0) is 13.6 Å². The Morgan fingerprint density at radius 1 is 1.20 bits per heavy atom. The average Bonchev–Trinajstić information content (AvgIpc) is 3.23. The third-order valence-electron chi connectivity index (χ3n) is 6.40. The monoisotopic (exact) mass is 561 g/mol. The quantitative estimate of drug-likeness (QED) is 0.381. The highest BCUT2D eigenvalue weighted by atomic mass is 19.4. The second-order valence-electron chi connectivity index (χ2n) is 9.63. The Balaban J connectivity index is 1.75. The van der Waals surface area contributed by atoms with Crippen LogP contribution < -0.4 is 26.1 Å². The van der Waals surface area contributed by atoms with Gasteiger partial charge in [-0.15, -0.1) is 0 Å². The Morgan fingerprint density at radius 2 is 1.85 bits per heavy atom. The molecule has 214 valence electrons. The van der Waals surface area contributed by atoms with Gasteiger partial charge in [0.15, 0.2) is 0 Å². The van der Waals surface area contributed by atoms with E-state index < -0.39 is 24.4 Å². The molecule has 3 heterocycles. The van der Waals surface area contributed by atoms with Crippen molar-refractivity contribution in [3.05, 3.63) is 64.1 Å². The smallest absolute Gasteiger partial charge is 0.391 e. The molecule has 4 N–H and O–H groups in total. The first-order valence-electron chi connectivity index (χ1n) is 12.2. The zero-order chi connectivity index (χ0) is 29.4. The van der Waals surface area contributed by atoms with Crippen molar-refractivity contribution in [2.24, 2.45) is 17.8 Å². The van der Waals surface area contributed by atoms with E-state index in [2.05, 4.69) is 15.4 Å². The van der Waals surface area contributed by atoms with Gasteiger partial charge in [-0.25, -0.2) is 9.98 Å². The van der Waals surface area contributed by atoms with Crippen LogP contribution in [0.25, 0.3) is 17.0 Å². The normalized spacial score (nSPS) is 18.1. The fraction of sp³-hybridized carbons (Fsp3) is 0.385. The zero-order valence-electron chi connectivity index (χ0n) is 22.6. The molecule has 4 rings (SSSR count). The summed E-state index contributed by atoms with van der Waals surface area (Å²) in [6, 6.07) is 5.00. The van der Waals surface area contributed by atoms with Crippen LogP contribution in [0.4, 0.5) is 13.2 Å². The molecule has 0 amide bonds. The Morgan fingerprint density at radius 3 is 2.45 bits per heavy atom. The topological polar surface area (TPSA) is 142 Å². The summed E-state index contributed by atoms with van der Waals surface area (Å²) in [6.07, 6.45) is -2.96. The number of alkyl halides is 3. The predicted octanol–water partition coefficient (Wildman–Crippen LogP) is 2.35. The second-order valence-corrected chi connectivity index (χ2v) is 9.63. The molecule has 0 saturated carbocycles. The fourth-order valence-corrected chi connectivity index (χ4v) is 4.28. The number of methoxy groups -OCH3 is 2. The van der Waals surface area contributed by atoms with E-state index in [0.29, 0.717) is 45.4 Å². The number of nitrogens with two attached hydrogens (primary N) is 1. The van der Waals surface area contributed by atoms with Crippen LogP contribution in [0.15, 0.2) is 46.6 Å². The number of hydrogen-bond acceptors (Lipinski definition) is 9.